The first-order chi connectivity index (χ1) is 10.4. The van der Waals surface area contributed by atoms with E-state index in [2.05, 4.69) is 10.6 Å². The van der Waals surface area contributed by atoms with E-state index in [0.29, 0.717) is 11.5 Å². The number of carbonyl (C=O) groups excluding carboxylic acids is 1. The number of hydrogen-bond acceptors (Lipinski definition) is 4. The lowest BCUT2D eigenvalue weighted by Crippen LogP contribution is -2.43. The van der Waals surface area contributed by atoms with Gasteiger partial charge in [-0.05, 0) is 19.1 Å². The van der Waals surface area contributed by atoms with Crippen molar-refractivity contribution in [1.82, 2.24) is 10.6 Å². The van der Waals surface area contributed by atoms with Crippen molar-refractivity contribution in [2.24, 2.45) is 0 Å². The van der Waals surface area contributed by atoms with Crippen LogP contribution in [0.2, 0.25) is 0 Å². The number of ether oxygens (including phenoxy) is 2. The van der Waals surface area contributed by atoms with Crippen molar-refractivity contribution >= 4 is 18.3 Å². The Kier molecular flexibility index (Phi) is 7.02. The molecule has 23 heavy (non-hydrogen) atoms. The van der Waals surface area contributed by atoms with Crippen LogP contribution in [0.15, 0.2) is 24.3 Å². The number of halogens is 3. The highest BCUT2D eigenvalue weighted by Crippen LogP contribution is 2.27. The van der Waals surface area contributed by atoms with E-state index >= 15 is 0 Å². The van der Waals surface area contributed by atoms with Gasteiger partial charge in [-0.1, -0.05) is 12.1 Å². The van der Waals surface area contributed by atoms with Gasteiger partial charge in [-0.25, -0.2) is 8.78 Å². The number of amides is 1. The summed E-state index contributed by atoms with van der Waals surface area (Å²) in [7, 11) is 1.54. The van der Waals surface area contributed by atoms with Gasteiger partial charge in [0.2, 0.25) is 5.91 Å². The molecule has 2 unspecified atom stereocenters. The maximum absolute atomic E-state index is 13.0. The predicted octanol–water partition coefficient (Wildman–Crippen LogP) is 2.00. The first-order valence-electron chi connectivity index (χ1n) is 7.10. The number of carbonyl (C=O) groups is 1. The minimum Gasteiger partial charge on any atom is -0.493 e. The Morgan fingerprint density at radius 3 is 2.65 bits per heavy atom. The second kappa shape index (κ2) is 8.31. The number of benzene rings is 1. The second-order valence-electron chi connectivity index (χ2n) is 5.32. The fourth-order valence-electron chi connectivity index (χ4n) is 2.24. The van der Waals surface area contributed by atoms with Crippen LogP contribution in [0.3, 0.4) is 0 Å². The monoisotopic (exact) mass is 350 g/mol. The van der Waals surface area contributed by atoms with Crippen LogP contribution in [0.25, 0.3) is 0 Å². The van der Waals surface area contributed by atoms with E-state index in [1.165, 1.54) is 0 Å². The Morgan fingerprint density at radius 2 is 2.09 bits per heavy atom. The molecule has 2 N–H and O–H groups in total. The number of rotatable bonds is 6. The standard InChI is InChI=1S/C15H20F2N2O3.ClH/c1-10(22-13-6-4-3-5-12(13)21-2)8-18-14(20)11-7-15(16,17)9-19-11;/h3-6,10-11,19H,7-9H2,1-2H3,(H,18,20);1H. The molecule has 130 valence electrons. The largest absolute Gasteiger partial charge is 0.493 e. The number of alkyl halides is 2. The summed E-state index contributed by atoms with van der Waals surface area (Å²) in [5.41, 5.74) is 0. The molecule has 0 aromatic heterocycles. The third kappa shape index (κ3) is 5.51. The highest BCUT2D eigenvalue weighted by atomic mass is 35.5. The van der Waals surface area contributed by atoms with Crippen molar-refractivity contribution < 1.29 is 23.0 Å². The predicted molar refractivity (Wildman–Crippen MR) is 84.7 cm³/mol. The van der Waals surface area contributed by atoms with Crippen LogP contribution in [0.1, 0.15) is 13.3 Å². The van der Waals surface area contributed by atoms with Gasteiger partial charge in [0.1, 0.15) is 6.10 Å². The molecule has 0 aliphatic carbocycles. The zero-order chi connectivity index (χ0) is 16.2. The van der Waals surface area contributed by atoms with E-state index in [1.807, 2.05) is 12.1 Å². The molecule has 1 aromatic rings. The summed E-state index contributed by atoms with van der Waals surface area (Å²) < 4.78 is 36.9. The average molecular weight is 351 g/mol. The molecule has 1 aliphatic rings. The maximum Gasteiger partial charge on any atom is 0.262 e. The highest BCUT2D eigenvalue weighted by molar-refractivity contribution is 5.85. The topological polar surface area (TPSA) is 59.6 Å². The smallest absolute Gasteiger partial charge is 0.262 e. The molecule has 8 heteroatoms. The zero-order valence-electron chi connectivity index (χ0n) is 13.0. The molecule has 2 rings (SSSR count). The Bertz CT molecular complexity index is 531. The average Bonchev–Trinajstić information content (AvgIpc) is 2.85. The van der Waals surface area contributed by atoms with Gasteiger partial charge < -0.3 is 14.8 Å². The van der Waals surface area contributed by atoms with E-state index < -0.39 is 30.8 Å². The Hall–Kier alpha value is -1.60. The fourth-order valence-corrected chi connectivity index (χ4v) is 2.24. The summed E-state index contributed by atoms with van der Waals surface area (Å²) in [6, 6.07) is 6.31. The lowest BCUT2D eigenvalue weighted by molar-refractivity contribution is -0.123. The van der Waals surface area contributed by atoms with Crippen LogP contribution >= 0.6 is 12.4 Å². The Morgan fingerprint density at radius 1 is 1.43 bits per heavy atom. The zero-order valence-corrected chi connectivity index (χ0v) is 13.8. The van der Waals surface area contributed by atoms with Gasteiger partial charge in [0.15, 0.2) is 11.5 Å². The molecule has 2 atom stereocenters. The van der Waals surface area contributed by atoms with Crippen LogP contribution in [0.5, 0.6) is 11.5 Å². The van der Waals surface area contributed by atoms with Crippen molar-refractivity contribution in [2.75, 3.05) is 20.2 Å². The van der Waals surface area contributed by atoms with Crippen molar-refractivity contribution in [2.45, 2.75) is 31.4 Å². The van der Waals surface area contributed by atoms with Crippen molar-refractivity contribution in [3.05, 3.63) is 24.3 Å². The molecule has 0 bridgehead atoms. The summed E-state index contributed by atoms with van der Waals surface area (Å²) in [6.07, 6.45) is -0.789. The van der Waals surface area contributed by atoms with Gasteiger partial charge in [-0.2, -0.15) is 0 Å². The van der Waals surface area contributed by atoms with Gasteiger partial charge in [0.25, 0.3) is 5.92 Å². The Labute approximate surface area is 140 Å². The quantitative estimate of drug-likeness (QED) is 0.824. The van der Waals surface area contributed by atoms with Gasteiger partial charge in [0, 0.05) is 6.42 Å². The lowest BCUT2D eigenvalue weighted by Gasteiger charge is -2.18. The summed E-state index contributed by atoms with van der Waals surface area (Å²) in [4.78, 5) is 11.8. The fraction of sp³-hybridized carbons (Fsp3) is 0.533. The molecule has 1 amide bonds. The highest BCUT2D eigenvalue weighted by Gasteiger charge is 2.42. The molecule has 1 fully saturated rings. The van der Waals surface area contributed by atoms with Crippen LogP contribution in [-0.2, 0) is 4.79 Å². The molecular weight excluding hydrogens is 330 g/mol. The van der Waals surface area contributed by atoms with Crippen LogP contribution < -0.4 is 20.1 Å². The van der Waals surface area contributed by atoms with Crippen molar-refractivity contribution in [3.8, 4) is 11.5 Å². The van der Waals surface area contributed by atoms with Gasteiger partial charge in [-0.15, -0.1) is 12.4 Å². The van der Waals surface area contributed by atoms with Crippen molar-refractivity contribution in [3.63, 3.8) is 0 Å². The van der Waals surface area contributed by atoms with E-state index in [-0.39, 0.29) is 25.1 Å². The van der Waals surface area contributed by atoms with Gasteiger partial charge >= 0.3 is 0 Å². The molecule has 1 aliphatic heterocycles. The lowest BCUT2D eigenvalue weighted by atomic mass is 10.2. The number of hydrogen-bond donors (Lipinski definition) is 2. The first kappa shape index (κ1) is 19.4. The van der Waals surface area contributed by atoms with Gasteiger partial charge in [0.05, 0.1) is 26.2 Å². The summed E-state index contributed by atoms with van der Waals surface area (Å²) in [5.74, 6) is -2.09. The first-order valence-corrected chi connectivity index (χ1v) is 7.10. The van der Waals surface area contributed by atoms with Crippen molar-refractivity contribution in [1.29, 1.82) is 0 Å². The van der Waals surface area contributed by atoms with Gasteiger partial charge in [-0.3, -0.25) is 10.1 Å². The number of nitrogens with one attached hydrogen (secondary N) is 2. The van der Waals surface area contributed by atoms with E-state index in [1.54, 1.807) is 26.2 Å². The molecule has 1 saturated heterocycles. The minimum atomic E-state index is -2.82. The number of para-hydroxylation sites is 2. The van der Waals surface area contributed by atoms with E-state index in [9.17, 15) is 13.6 Å². The summed E-state index contributed by atoms with van der Waals surface area (Å²) in [6.45, 7) is 1.54. The minimum absolute atomic E-state index is 0. The van der Waals surface area contributed by atoms with E-state index in [0.717, 1.165) is 0 Å². The molecule has 5 nitrogen and oxygen atoms in total. The summed E-state index contributed by atoms with van der Waals surface area (Å²) in [5, 5.41) is 5.13. The maximum atomic E-state index is 13.0. The second-order valence-corrected chi connectivity index (χ2v) is 5.32. The van der Waals surface area contributed by atoms with E-state index in [4.69, 9.17) is 9.47 Å². The number of methoxy groups -OCH3 is 1. The summed E-state index contributed by atoms with van der Waals surface area (Å²) >= 11 is 0. The molecule has 1 heterocycles. The molecular formula is C15H21ClF2N2O3. The molecule has 0 spiro atoms. The van der Waals surface area contributed by atoms with Crippen LogP contribution in [-0.4, -0.2) is 44.2 Å². The van der Waals surface area contributed by atoms with Crippen LogP contribution in [0.4, 0.5) is 8.78 Å². The third-order valence-electron chi connectivity index (χ3n) is 3.39. The third-order valence-corrected chi connectivity index (χ3v) is 3.39. The van der Waals surface area contributed by atoms with Crippen LogP contribution in [0, 0.1) is 0 Å². The SMILES string of the molecule is COc1ccccc1OC(C)CNC(=O)C1CC(F)(F)CN1.Cl. The molecule has 1 aromatic carbocycles. The Balaban J connectivity index is 0.00000264. The molecule has 0 saturated carbocycles. The normalized spacial score (nSPS) is 20.3. The molecule has 0 radical (unpaired) electrons.